The predicted molar refractivity (Wildman–Crippen MR) is 106 cm³/mol. The van der Waals surface area contributed by atoms with E-state index in [4.69, 9.17) is 0 Å². The first-order valence-corrected chi connectivity index (χ1v) is 9.66. The number of nitrogens with zero attached hydrogens (tertiary/aromatic N) is 1. The maximum absolute atomic E-state index is 12.6. The van der Waals surface area contributed by atoms with Crippen molar-refractivity contribution in [1.29, 1.82) is 0 Å². The summed E-state index contributed by atoms with van der Waals surface area (Å²) < 4.78 is 0. The molecule has 1 aromatic rings. The Kier molecular flexibility index (Phi) is 7.21. The Morgan fingerprint density at radius 3 is 2.62 bits per heavy atom. The highest BCUT2D eigenvalue weighted by molar-refractivity contribution is 5.93. The normalized spacial score (nSPS) is 21.3. The summed E-state index contributed by atoms with van der Waals surface area (Å²) in [5, 5.41) is 6.13. The number of carbonyl (C=O) groups is 2. The lowest BCUT2D eigenvalue weighted by atomic mass is 9.86. The lowest BCUT2D eigenvalue weighted by molar-refractivity contribution is -0.127. The zero-order valence-corrected chi connectivity index (χ0v) is 16.8. The summed E-state index contributed by atoms with van der Waals surface area (Å²) >= 11 is 0. The molecule has 5 nitrogen and oxygen atoms in total. The highest BCUT2D eigenvalue weighted by atomic mass is 16.2. The van der Waals surface area contributed by atoms with Gasteiger partial charge in [0, 0.05) is 11.7 Å². The van der Waals surface area contributed by atoms with Gasteiger partial charge >= 0.3 is 0 Å². The smallest absolute Gasteiger partial charge is 0.238 e. The lowest BCUT2D eigenvalue weighted by Crippen LogP contribution is -2.50. The van der Waals surface area contributed by atoms with Crippen molar-refractivity contribution in [3.8, 4) is 0 Å². The van der Waals surface area contributed by atoms with E-state index < -0.39 is 0 Å². The number of nitrogens with one attached hydrogen (secondary N) is 2. The topological polar surface area (TPSA) is 61.4 Å². The first-order chi connectivity index (χ1) is 12.3. The zero-order chi connectivity index (χ0) is 19.3. The molecule has 1 aliphatic carbocycles. The zero-order valence-electron chi connectivity index (χ0n) is 16.8. The summed E-state index contributed by atoms with van der Waals surface area (Å²) in [7, 11) is 1.82. The summed E-state index contributed by atoms with van der Waals surface area (Å²) in [5.74, 6) is 0.426. The quantitative estimate of drug-likeness (QED) is 0.819. The molecule has 0 aromatic heterocycles. The molecule has 2 N–H and O–H groups in total. The van der Waals surface area contributed by atoms with Crippen LogP contribution in [0.15, 0.2) is 18.2 Å². The number of hydrogen-bond donors (Lipinski definition) is 2. The van der Waals surface area contributed by atoms with Crippen molar-refractivity contribution in [3.05, 3.63) is 29.3 Å². The van der Waals surface area contributed by atoms with Gasteiger partial charge in [-0.3, -0.25) is 14.5 Å². The maximum atomic E-state index is 12.6. The molecule has 5 heteroatoms. The molecule has 1 fully saturated rings. The van der Waals surface area contributed by atoms with Crippen LogP contribution >= 0.6 is 0 Å². The van der Waals surface area contributed by atoms with E-state index >= 15 is 0 Å². The molecule has 1 saturated carbocycles. The molecule has 1 aliphatic rings. The van der Waals surface area contributed by atoms with Crippen molar-refractivity contribution in [2.75, 3.05) is 18.9 Å². The fraction of sp³-hybridized carbons (Fsp3) is 0.619. The molecular formula is C21H33N3O2. The molecule has 0 aliphatic heterocycles. The van der Waals surface area contributed by atoms with Crippen LogP contribution in [-0.4, -0.2) is 42.4 Å². The highest BCUT2D eigenvalue weighted by Gasteiger charge is 2.26. The minimum Gasteiger partial charge on any atom is -0.352 e. The molecule has 0 radical (unpaired) electrons. The fourth-order valence-electron chi connectivity index (χ4n) is 3.47. The van der Waals surface area contributed by atoms with Crippen molar-refractivity contribution >= 4 is 17.5 Å². The Labute approximate surface area is 157 Å². The summed E-state index contributed by atoms with van der Waals surface area (Å²) in [4.78, 5) is 26.7. The first-order valence-electron chi connectivity index (χ1n) is 9.66. The molecule has 0 unspecified atom stereocenters. The Hall–Kier alpha value is -1.88. The summed E-state index contributed by atoms with van der Waals surface area (Å²) in [5.41, 5.74) is 3.04. The van der Waals surface area contributed by atoms with Gasteiger partial charge in [0.15, 0.2) is 0 Å². The van der Waals surface area contributed by atoms with Crippen LogP contribution in [0, 0.1) is 19.8 Å². The number of likely N-dealkylation sites (N-methyl/N-ethyl adjacent to an activating group) is 1. The number of hydrogen-bond acceptors (Lipinski definition) is 3. The number of amides is 2. The van der Waals surface area contributed by atoms with E-state index in [1.807, 2.05) is 46.0 Å². The van der Waals surface area contributed by atoms with Crippen LogP contribution in [0.2, 0.25) is 0 Å². The SMILES string of the molecule is Cc1cccc(NC(=O)CN(C)[C@H](C)C(=O)N[C@@H]2CCCC[C@@H]2C)c1C. The van der Waals surface area contributed by atoms with Crippen LogP contribution in [0.3, 0.4) is 0 Å². The Balaban J connectivity index is 1.87. The molecular weight excluding hydrogens is 326 g/mol. The molecule has 0 saturated heterocycles. The van der Waals surface area contributed by atoms with Gasteiger partial charge in [0.05, 0.1) is 12.6 Å². The third-order valence-electron chi connectivity index (χ3n) is 5.75. The first kappa shape index (κ1) is 20.4. The molecule has 144 valence electrons. The lowest BCUT2D eigenvalue weighted by Gasteiger charge is -2.32. The van der Waals surface area contributed by atoms with Gasteiger partial charge in [0.25, 0.3) is 0 Å². The highest BCUT2D eigenvalue weighted by Crippen LogP contribution is 2.24. The second kappa shape index (κ2) is 9.17. The number of benzene rings is 1. The predicted octanol–water partition coefficient (Wildman–Crippen LogP) is 3.26. The minimum absolute atomic E-state index is 0.00536. The fourth-order valence-corrected chi connectivity index (χ4v) is 3.47. The van der Waals surface area contributed by atoms with Crippen LogP contribution < -0.4 is 10.6 Å². The van der Waals surface area contributed by atoms with Crippen LogP contribution in [-0.2, 0) is 9.59 Å². The van der Waals surface area contributed by atoms with Gasteiger partial charge in [-0.25, -0.2) is 0 Å². The Morgan fingerprint density at radius 2 is 1.92 bits per heavy atom. The molecule has 1 aromatic carbocycles. The third-order valence-corrected chi connectivity index (χ3v) is 5.75. The standard InChI is InChI=1S/C21H33N3O2/c1-14-10-8-12-19(16(14)3)22-20(25)13-24(5)17(4)21(26)23-18-11-7-6-9-15(18)2/h8,10,12,15,17-18H,6-7,9,11,13H2,1-5H3,(H,22,25)(H,23,26)/t15-,17+,18+/m0/s1. The van der Waals surface area contributed by atoms with E-state index in [2.05, 4.69) is 17.6 Å². The van der Waals surface area contributed by atoms with Crippen LogP contribution in [0.1, 0.15) is 50.7 Å². The molecule has 0 heterocycles. The van der Waals surface area contributed by atoms with Gasteiger partial charge in [-0.1, -0.05) is 31.9 Å². The monoisotopic (exact) mass is 359 g/mol. The Bertz CT molecular complexity index is 644. The van der Waals surface area contributed by atoms with Gasteiger partial charge in [-0.15, -0.1) is 0 Å². The summed E-state index contributed by atoms with van der Waals surface area (Å²) in [6.07, 6.45) is 4.66. The summed E-state index contributed by atoms with van der Waals surface area (Å²) in [6.45, 7) is 8.26. The van der Waals surface area contributed by atoms with Gasteiger partial charge in [-0.2, -0.15) is 0 Å². The second-order valence-electron chi connectivity index (χ2n) is 7.76. The second-order valence-corrected chi connectivity index (χ2v) is 7.76. The average Bonchev–Trinajstić information content (AvgIpc) is 2.60. The van der Waals surface area contributed by atoms with Gasteiger partial charge in [0.1, 0.15) is 0 Å². The van der Waals surface area contributed by atoms with Gasteiger partial charge < -0.3 is 10.6 Å². The summed E-state index contributed by atoms with van der Waals surface area (Å²) in [6, 6.07) is 5.78. The van der Waals surface area contributed by atoms with Crippen molar-refractivity contribution in [3.63, 3.8) is 0 Å². The van der Waals surface area contributed by atoms with E-state index in [9.17, 15) is 9.59 Å². The van der Waals surface area contributed by atoms with Crippen molar-refractivity contribution in [1.82, 2.24) is 10.2 Å². The largest absolute Gasteiger partial charge is 0.352 e. The van der Waals surface area contributed by atoms with Crippen molar-refractivity contribution in [2.24, 2.45) is 5.92 Å². The van der Waals surface area contributed by atoms with Crippen molar-refractivity contribution in [2.45, 2.75) is 65.5 Å². The molecule has 0 bridgehead atoms. The Morgan fingerprint density at radius 1 is 1.23 bits per heavy atom. The van der Waals surface area contributed by atoms with Gasteiger partial charge in [-0.05, 0) is 63.8 Å². The van der Waals surface area contributed by atoms with Crippen LogP contribution in [0.4, 0.5) is 5.69 Å². The average molecular weight is 360 g/mol. The molecule has 3 atom stereocenters. The van der Waals surface area contributed by atoms with Crippen molar-refractivity contribution < 1.29 is 9.59 Å². The molecule has 2 rings (SSSR count). The molecule has 0 spiro atoms. The molecule has 2 amide bonds. The van der Waals surface area contributed by atoms with E-state index in [1.54, 1.807) is 4.90 Å². The van der Waals surface area contributed by atoms with E-state index in [0.29, 0.717) is 5.92 Å². The number of aryl methyl sites for hydroxylation is 1. The van der Waals surface area contributed by atoms with E-state index in [-0.39, 0.29) is 30.4 Å². The number of rotatable bonds is 6. The molecule has 26 heavy (non-hydrogen) atoms. The number of carbonyl (C=O) groups excluding carboxylic acids is 2. The van der Waals surface area contributed by atoms with Crippen LogP contribution in [0.25, 0.3) is 0 Å². The van der Waals surface area contributed by atoms with Crippen LogP contribution in [0.5, 0.6) is 0 Å². The maximum Gasteiger partial charge on any atom is 0.238 e. The van der Waals surface area contributed by atoms with Gasteiger partial charge in [0.2, 0.25) is 11.8 Å². The van der Waals surface area contributed by atoms with E-state index in [0.717, 1.165) is 23.2 Å². The third kappa shape index (κ3) is 5.31. The van der Waals surface area contributed by atoms with E-state index in [1.165, 1.54) is 19.3 Å². The number of anilines is 1. The minimum atomic E-state index is -0.339.